The number of aromatic nitrogens is 2. The fourth-order valence-corrected chi connectivity index (χ4v) is 2.99. The largest absolute Gasteiger partial charge is 0.454 e. The van der Waals surface area contributed by atoms with Crippen molar-refractivity contribution in [2.24, 2.45) is 0 Å². The van der Waals surface area contributed by atoms with E-state index in [0.29, 0.717) is 6.54 Å². The summed E-state index contributed by atoms with van der Waals surface area (Å²) in [5.74, 6) is 1.51. The lowest BCUT2D eigenvalue weighted by Crippen LogP contribution is -2.32. The molecule has 0 spiro atoms. The maximum absolute atomic E-state index is 12.5. The maximum Gasteiger partial charge on any atom is 0.242 e. The number of nitrogens with zero attached hydrogens (tertiary/aromatic N) is 2. The Bertz CT molecular complexity index is 919. The van der Waals surface area contributed by atoms with Gasteiger partial charge in [-0.3, -0.25) is 4.79 Å². The molecule has 0 saturated heterocycles. The minimum atomic E-state index is -0.316. The Labute approximate surface area is 145 Å². The van der Waals surface area contributed by atoms with E-state index in [4.69, 9.17) is 9.47 Å². The topological polar surface area (TPSA) is 65.4 Å². The number of hydrogen-bond acceptors (Lipinski definition) is 4. The first kappa shape index (κ1) is 15.5. The van der Waals surface area contributed by atoms with Crippen LogP contribution in [0, 0.1) is 0 Å². The maximum atomic E-state index is 12.5. The molecule has 3 aromatic rings. The number of fused-ring (bicyclic) bond motifs is 2. The van der Waals surface area contributed by atoms with Crippen molar-refractivity contribution in [1.82, 2.24) is 14.9 Å². The molecule has 1 aliphatic rings. The number of ether oxygens (including phenoxy) is 2. The molecule has 2 aromatic carbocycles. The van der Waals surface area contributed by atoms with Gasteiger partial charge in [0, 0.05) is 6.54 Å². The number of imidazole rings is 1. The number of para-hydroxylation sites is 2. The highest BCUT2D eigenvalue weighted by molar-refractivity contribution is 5.83. The van der Waals surface area contributed by atoms with Gasteiger partial charge in [-0.25, -0.2) is 4.98 Å². The summed E-state index contributed by atoms with van der Waals surface area (Å²) in [6.07, 6.45) is 2.45. The zero-order valence-electron chi connectivity index (χ0n) is 13.9. The second-order valence-corrected chi connectivity index (χ2v) is 6.05. The molecule has 6 heteroatoms. The highest BCUT2D eigenvalue weighted by Crippen LogP contribution is 2.32. The molecule has 0 bridgehead atoms. The molecular weight excluding hydrogens is 318 g/mol. The van der Waals surface area contributed by atoms with E-state index in [2.05, 4.69) is 10.3 Å². The lowest BCUT2D eigenvalue weighted by molar-refractivity contribution is -0.123. The molecular formula is C19H19N3O3. The Morgan fingerprint density at radius 3 is 3.00 bits per heavy atom. The number of carbonyl (C=O) groups excluding carboxylic acids is 1. The molecule has 2 heterocycles. The fourth-order valence-electron chi connectivity index (χ4n) is 2.99. The van der Waals surface area contributed by atoms with Crippen LogP contribution in [0.1, 0.15) is 18.5 Å². The van der Waals surface area contributed by atoms with Crippen molar-refractivity contribution in [3.8, 4) is 11.5 Å². The second kappa shape index (κ2) is 6.47. The standard InChI is InChI=1S/C19H19N3O3/c1-13(22-11-21-15-4-2-3-5-16(15)22)19(23)20-9-8-14-6-7-17-18(10-14)25-12-24-17/h2-7,10-11,13H,8-9,12H2,1H3,(H,20,23)/t13-/m1/s1. The first-order valence-electron chi connectivity index (χ1n) is 8.30. The summed E-state index contributed by atoms with van der Waals surface area (Å²) in [7, 11) is 0. The first-order valence-corrected chi connectivity index (χ1v) is 8.30. The van der Waals surface area contributed by atoms with Crippen molar-refractivity contribution in [3.63, 3.8) is 0 Å². The Morgan fingerprint density at radius 2 is 2.08 bits per heavy atom. The summed E-state index contributed by atoms with van der Waals surface area (Å²) in [6.45, 7) is 2.71. The van der Waals surface area contributed by atoms with Crippen molar-refractivity contribution in [1.29, 1.82) is 0 Å². The van der Waals surface area contributed by atoms with Crippen LogP contribution in [-0.4, -0.2) is 28.8 Å². The van der Waals surface area contributed by atoms with Gasteiger partial charge in [-0.05, 0) is 43.2 Å². The molecule has 0 saturated carbocycles. The average molecular weight is 337 g/mol. The Morgan fingerprint density at radius 1 is 1.24 bits per heavy atom. The molecule has 25 heavy (non-hydrogen) atoms. The van der Waals surface area contributed by atoms with Gasteiger partial charge in [0.05, 0.1) is 17.4 Å². The number of carbonyl (C=O) groups is 1. The van der Waals surface area contributed by atoms with Crippen LogP contribution in [0.15, 0.2) is 48.8 Å². The molecule has 0 aliphatic carbocycles. The second-order valence-electron chi connectivity index (χ2n) is 6.05. The van der Waals surface area contributed by atoms with Crippen LogP contribution >= 0.6 is 0 Å². The van der Waals surface area contributed by atoms with Gasteiger partial charge in [0.1, 0.15) is 6.04 Å². The quantitative estimate of drug-likeness (QED) is 0.777. The molecule has 1 aliphatic heterocycles. The summed E-state index contributed by atoms with van der Waals surface area (Å²) >= 11 is 0. The van der Waals surface area contributed by atoms with Crippen LogP contribution in [0.5, 0.6) is 11.5 Å². The summed E-state index contributed by atoms with van der Waals surface area (Å²) in [6, 6.07) is 13.3. The molecule has 0 radical (unpaired) electrons. The van der Waals surface area contributed by atoms with Crippen molar-refractivity contribution in [2.45, 2.75) is 19.4 Å². The lowest BCUT2D eigenvalue weighted by Gasteiger charge is -2.14. The summed E-state index contributed by atoms with van der Waals surface area (Å²) in [5, 5.41) is 2.99. The third-order valence-corrected chi connectivity index (χ3v) is 4.43. The van der Waals surface area contributed by atoms with Crippen LogP contribution < -0.4 is 14.8 Å². The Kier molecular flexibility index (Phi) is 4.01. The molecule has 1 amide bonds. The van der Waals surface area contributed by atoms with E-state index in [0.717, 1.165) is 34.5 Å². The van der Waals surface area contributed by atoms with E-state index in [9.17, 15) is 4.79 Å². The molecule has 0 fully saturated rings. The Balaban J connectivity index is 1.37. The minimum Gasteiger partial charge on any atom is -0.454 e. The Hall–Kier alpha value is -3.02. The number of nitrogens with one attached hydrogen (secondary N) is 1. The SMILES string of the molecule is C[C@H](C(=O)NCCc1ccc2c(c1)OCO2)n1cnc2ccccc21. The van der Waals surface area contributed by atoms with Crippen molar-refractivity contribution < 1.29 is 14.3 Å². The van der Waals surface area contributed by atoms with Crippen LogP contribution in [0.25, 0.3) is 11.0 Å². The van der Waals surface area contributed by atoms with Crippen LogP contribution in [0.4, 0.5) is 0 Å². The summed E-state index contributed by atoms with van der Waals surface area (Å²) in [4.78, 5) is 16.8. The highest BCUT2D eigenvalue weighted by atomic mass is 16.7. The minimum absolute atomic E-state index is 0.0242. The van der Waals surface area contributed by atoms with Gasteiger partial charge in [-0.1, -0.05) is 18.2 Å². The van der Waals surface area contributed by atoms with E-state index in [1.165, 1.54) is 0 Å². The molecule has 1 N–H and O–H groups in total. The van der Waals surface area contributed by atoms with E-state index < -0.39 is 0 Å². The van der Waals surface area contributed by atoms with Crippen molar-refractivity contribution in [3.05, 3.63) is 54.4 Å². The van der Waals surface area contributed by atoms with E-state index >= 15 is 0 Å². The third kappa shape index (κ3) is 3.03. The van der Waals surface area contributed by atoms with Crippen LogP contribution in [0.2, 0.25) is 0 Å². The van der Waals surface area contributed by atoms with E-state index in [1.807, 2.05) is 54.0 Å². The molecule has 1 aromatic heterocycles. The predicted molar refractivity (Wildman–Crippen MR) is 93.7 cm³/mol. The zero-order valence-corrected chi connectivity index (χ0v) is 13.9. The van der Waals surface area contributed by atoms with Gasteiger partial charge in [0.25, 0.3) is 0 Å². The van der Waals surface area contributed by atoms with Gasteiger partial charge in [0.2, 0.25) is 12.7 Å². The monoisotopic (exact) mass is 337 g/mol. The number of amides is 1. The normalized spacial score (nSPS) is 13.8. The number of benzene rings is 2. The highest BCUT2D eigenvalue weighted by Gasteiger charge is 2.17. The lowest BCUT2D eigenvalue weighted by atomic mass is 10.1. The molecule has 4 rings (SSSR count). The number of rotatable bonds is 5. The molecule has 6 nitrogen and oxygen atoms in total. The first-order chi connectivity index (χ1) is 12.2. The molecule has 0 unspecified atom stereocenters. The van der Waals surface area contributed by atoms with Crippen molar-refractivity contribution >= 4 is 16.9 Å². The van der Waals surface area contributed by atoms with Gasteiger partial charge < -0.3 is 19.4 Å². The molecule has 1 atom stereocenters. The summed E-state index contributed by atoms with van der Waals surface area (Å²) < 4.78 is 12.6. The van der Waals surface area contributed by atoms with E-state index in [1.54, 1.807) is 6.33 Å². The van der Waals surface area contributed by atoms with Gasteiger partial charge in [0.15, 0.2) is 11.5 Å². The summed E-state index contributed by atoms with van der Waals surface area (Å²) in [5.41, 5.74) is 2.95. The van der Waals surface area contributed by atoms with Gasteiger partial charge in [-0.15, -0.1) is 0 Å². The van der Waals surface area contributed by atoms with Crippen molar-refractivity contribution in [2.75, 3.05) is 13.3 Å². The zero-order chi connectivity index (χ0) is 17.2. The third-order valence-electron chi connectivity index (χ3n) is 4.43. The van der Waals surface area contributed by atoms with E-state index in [-0.39, 0.29) is 18.7 Å². The predicted octanol–water partition coefficient (Wildman–Crippen LogP) is 2.68. The molecule has 128 valence electrons. The van der Waals surface area contributed by atoms with Gasteiger partial charge in [-0.2, -0.15) is 0 Å². The van der Waals surface area contributed by atoms with Crippen LogP contribution in [-0.2, 0) is 11.2 Å². The average Bonchev–Trinajstić information content (AvgIpc) is 3.27. The van der Waals surface area contributed by atoms with Gasteiger partial charge >= 0.3 is 0 Å². The number of hydrogen-bond donors (Lipinski definition) is 1. The van der Waals surface area contributed by atoms with Crippen LogP contribution in [0.3, 0.4) is 0 Å². The fraction of sp³-hybridized carbons (Fsp3) is 0.263. The smallest absolute Gasteiger partial charge is 0.242 e.